The van der Waals surface area contributed by atoms with Crippen LogP contribution in [-0.2, 0) is 0 Å². The minimum absolute atomic E-state index is 0.0983. The Morgan fingerprint density at radius 3 is 2.84 bits per heavy atom. The van der Waals surface area contributed by atoms with Crippen molar-refractivity contribution in [3.63, 3.8) is 0 Å². The molecule has 0 unspecified atom stereocenters. The topological polar surface area (TPSA) is 94.0 Å². The zero-order chi connectivity index (χ0) is 13.2. The Bertz CT molecular complexity index is 705. The summed E-state index contributed by atoms with van der Waals surface area (Å²) in [7, 11) is 0. The molecule has 0 spiro atoms. The number of hydrogen-bond donors (Lipinski definition) is 1. The first-order chi connectivity index (χ1) is 9.25. The van der Waals surface area contributed by atoms with Gasteiger partial charge in [0.15, 0.2) is 0 Å². The zero-order valence-electron chi connectivity index (χ0n) is 9.59. The number of furan rings is 1. The van der Waals surface area contributed by atoms with Crippen molar-refractivity contribution in [3.05, 3.63) is 48.5 Å². The molecule has 0 bridgehead atoms. The number of nitrogens with zero attached hydrogens (tertiary/aromatic N) is 4. The Hall–Kier alpha value is -2.96. The molecule has 0 fully saturated rings. The van der Waals surface area contributed by atoms with Crippen molar-refractivity contribution < 1.29 is 14.3 Å². The summed E-state index contributed by atoms with van der Waals surface area (Å²) in [6, 6.07) is 8.42. The molecule has 0 saturated carbocycles. The van der Waals surface area contributed by atoms with Crippen LogP contribution < -0.4 is 0 Å². The number of hydrogen-bond acceptors (Lipinski definition) is 5. The van der Waals surface area contributed by atoms with E-state index in [1.54, 1.807) is 24.3 Å². The summed E-state index contributed by atoms with van der Waals surface area (Å²) in [6.45, 7) is 0. The monoisotopic (exact) mass is 256 g/mol. The standard InChI is InChI=1S/C12H8N4O3/c17-12(18)9-6-8(11-2-1-5-19-11)3-4-10(9)16-7-13-14-15-16/h1-7H,(H,17,18). The molecule has 0 aliphatic rings. The van der Waals surface area contributed by atoms with Crippen LogP contribution in [0.25, 0.3) is 17.0 Å². The molecule has 3 rings (SSSR count). The van der Waals surface area contributed by atoms with Crippen LogP contribution in [0.3, 0.4) is 0 Å². The lowest BCUT2D eigenvalue weighted by Crippen LogP contribution is -2.06. The third-order valence-electron chi connectivity index (χ3n) is 2.63. The smallest absolute Gasteiger partial charge is 0.337 e. The van der Waals surface area contributed by atoms with Crippen molar-refractivity contribution in [2.24, 2.45) is 0 Å². The molecule has 0 radical (unpaired) electrons. The lowest BCUT2D eigenvalue weighted by molar-refractivity contribution is 0.0697. The molecule has 1 aromatic carbocycles. The maximum absolute atomic E-state index is 11.3. The number of benzene rings is 1. The SMILES string of the molecule is O=C(O)c1cc(-c2ccco2)ccc1-n1cnnn1. The minimum atomic E-state index is -1.06. The molecular weight excluding hydrogens is 248 g/mol. The van der Waals surface area contributed by atoms with Gasteiger partial charge in [0.25, 0.3) is 0 Å². The summed E-state index contributed by atoms with van der Waals surface area (Å²) in [4.78, 5) is 11.3. The van der Waals surface area contributed by atoms with E-state index < -0.39 is 5.97 Å². The molecule has 0 aliphatic carbocycles. The van der Waals surface area contributed by atoms with Crippen LogP contribution >= 0.6 is 0 Å². The lowest BCUT2D eigenvalue weighted by Gasteiger charge is -2.06. The van der Waals surface area contributed by atoms with Gasteiger partial charge in [0.2, 0.25) is 0 Å². The summed E-state index contributed by atoms with van der Waals surface area (Å²) < 4.78 is 6.55. The van der Waals surface area contributed by atoms with Crippen LogP contribution in [0.15, 0.2) is 47.3 Å². The number of aromatic carboxylic acids is 1. The van der Waals surface area contributed by atoms with Crippen LogP contribution in [0.2, 0.25) is 0 Å². The first kappa shape index (κ1) is 11.1. The van der Waals surface area contributed by atoms with Gasteiger partial charge < -0.3 is 9.52 Å². The molecule has 3 aromatic rings. The molecule has 7 nitrogen and oxygen atoms in total. The second kappa shape index (κ2) is 4.37. The highest BCUT2D eigenvalue weighted by atomic mass is 16.4. The average Bonchev–Trinajstić information content (AvgIpc) is 3.11. The largest absolute Gasteiger partial charge is 0.478 e. The van der Waals surface area contributed by atoms with E-state index in [0.29, 0.717) is 17.0 Å². The molecule has 0 saturated heterocycles. The Kier molecular flexibility index (Phi) is 2.57. The number of carbonyl (C=O) groups is 1. The van der Waals surface area contributed by atoms with Gasteiger partial charge in [-0.25, -0.2) is 4.79 Å². The highest BCUT2D eigenvalue weighted by Gasteiger charge is 2.15. The van der Waals surface area contributed by atoms with E-state index >= 15 is 0 Å². The summed E-state index contributed by atoms with van der Waals surface area (Å²) in [5.74, 6) is -0.454. The number of tetrazole rings is 1. The molecule has 1 N–H and O–H groups in total. The minimum Gasteiger partial charge on any atom is -0.478 e. The van der Waals surface area contributed by atoms with Crippen LogP contribution in [0.4, 0.5) is 0 Å². The molecule has 0 amide bonds. The van der Waals surface area contributed by atoms with E-state index in [2.05, 4.69) is 15.5 Å². The fraction of sp³-hybridized carbons (Fsp3) is 0. The molecule has 19 heavy (non-hydrogen) atoms. The van der Waals surface area contributed by atoms with Gasteiger partial charge in [0, 0.05) is 5.56 Å². The van der Waals surface area contributed by atoms with Crippen LogP contribution in [-0.4, -0.2) is 31.3 Å². The molecule has 2 heterocycles. The van der Waals surface area contributed by atoms with E-state index in [4.69, 9.17) is 4.42 Å². The molecular formula is C12H8N4O3. The van der Waals surface area contributed by atoms with Gasteiger partial charge in [-0.3, -0.25) is 0 Å². The van der Waals surface area contributed by atoms with Crippen molar-refractivity contribution in [2.75, 3.05) is 0 Å². The Balaban J connectivity index is 2.15. The zero-order valence-corrected chi connectivity index (χ0v) is 9.59. The fourth-order valence-corrected chi connectivity index (χ4v) is 1.77. The highest BCUT2D eigenvalue weighted by Crippen LogP contribution is 2.24. The number of carboxylic acid groups (broad SMARTS) is 1. The van der Waals surface area contributed by atoms with Gasteiger partial charge in [-0.15, -0.1) is 5.10 Å². The van der Waals surface area contributed by atoms with Crippen molar-refractivity contribution in [1.82, 2.24) is 20.2 Å². The average molecular weight is 256 g/mol. The van der Waals surface area contributed by atoms with Gasteiger partial charge in [-0.1, -0.05) is 0 Å². The summed E-state index contributed by atoms with van der Waals surface area (Å²) >= 11 is 0. The van der Waals surface area contributed by atoms with Gasteiger partial charge in [-0.2, -0.15) is 4.68 Å². The third-order valence-corrected chi connectivity index (χ3v) is 2.63. The first-order valence-electron chi connectivity index (χ1n) is 5.40. The predicted molar refractivity (Wildman–Crippen MR) is 63.8 cm³/mol. The van der Waals surface area contributed by atoms with E-state index in [0.717, 1.165) is 0 Å². The number of aromatic nitrogens is 4. The first-order valence-corrected chi connectivity index (χ1v) is 5.40. The van der Waals surface area contributed by atoms with Crippen LogP contribution in [0.1, 0.15) is 10.4 Å². The molecule has 0 atom stereocenters. The predicted octanol–water partition coefficient (Wildman–Crippen LogP) is 1.62. The molecule has 94 valence electrons. The van der Waals surface area contributed by atoms with E-state index in [1.807, 2.05) is 0 Å². The Labute approximate surface area is 107 Å². The molecule has 7 heteroatoms. The fourth-order valence-electron chi connectivity index (χ4n) is 1.77. The molecule has 2 aromatic heterocycles. The maximum atomic E-state index is 11.3. The summed E-state index contributed by atoms with van der Waals surface area (Å²) in [5.41, 5.74) is 1.17. The van der Waals surface area contributed by atoms with Gasteiger partial charge in [-0.05, 0) is 40.8 Å². The third kappa shape index (κ3) is 1.97. The van der Waals surface area contributed by atoms with E-state index in [1.165, 1.54) is 23.3 Å². The number of carboxylic acids is 1. The van der Waals surface area contributed by atoms with Gasteiger partial charge >= 0.3 is 5.97 Å². The Morgan fingerprint density at radius 2 is 2.21 bits per heavy atom. The van der Waals surface area contributed by atoms with Crippen molar-refractivity contribution >= 4 is 5.97 Å². The maximum Gasteiger partial charge on any atom is 0.337 e. The van der Waals surface area contributed by atoms with Crippen LogP contribution in [0, 0.1) is 0 Å². The van der Waals surface area contributed by atoms with Gasteiger partial charge in [0.05, 0.1) is 17.5 Å². The lowest BCUT2D eigenvalue weighted by atomic mass is 10.1. The van der Waals surface area contributed by atoms with Crippen molar-refractivity contribution in [2.45, 2.75) is 0 Å². The highest BCUT2D eigenvalue weighted by molar-refractivity contribution is 5.93. The normalized spacial score (nSPS) is 10.5. The van der Waals surface area contributed by atoms with Crippen LogP contribution in [0.5, 0.6) is 0 Å². The van der Waals surface area contributed by atoms with Gasteiger partial charge in [0.1, 0.15) is 12.1 Å². The quantitative estimate of drug-likeness (QED) is 0.765. The Morgan fingerprint density at radius 1 is 1.32 bits per heavy atom. The molecule has 0 aliphatic heterocycles. The van der Waals surface area contributed by atoms with E-state index in [-0.39, 0.29) is 5.56 Å². The second-order valence-corrected chi connectivity index (χ2v) is 3.77. The second-order valence-electron chi connectivity index (χ2n) is 3.77. The van der Waals surface area contributed by atoms with Crippen molar-refractivity contribution in [3.8, 4) is 17.0 Å². The summed E-state index contributed by atoms with van der Waals surface area (Å²) in [6.07, 6.45) is 2.87. The number of rotatable bonds is 3. The van der Waals surface area contributed by atoms with Crippen molar-refractivity contribution in [1.29, 1.82) is 0 Å². The van der Waals surface area contributed by atoms with E-state index in [9.17, 15) is 9.90 Å². The summed E-state index contributed by atoms with van der Waals surface area (Å²) in [5, 5.41) is 19.9.